The molecule has 4 nitrogen and oxygen atoms in total. The molecule has 3 atom stereocenters. The quantitative estimate of drug-likeness (QED) is 0.793. The SMILES string of the molecule is CCC(OC(=O)[C@@]12CCC(C)(C(=O)O1)C2(C)C)c1ccccc1. The van der Waals surface area contributed by atoms with Crippen molar-refractivity contribution in [2.45, 2.75) is 58.7 Å². The highest BCUT2D eigenvalue weighted by atomic mass is 16.6. The molecule has 0 radical (unpaired) electrons. The lowest BCUT2D eigenvalue weighted by atomic mass is 9.66. The minimum atomic E-state index is -1.15. The zero-order chi connectivity index (χ0) is 16.9. The van der Waals surface area contributed by atoms with Crippen molar-refractivity contribution < 1.29 is 19.1 Å². The molecule has 0 amide bonds. The zero-order valence-electron chi connectivity index (χ0n) is 14.2. The van der Waals surface area contributed by atoms with E-state index in [4.69, 9.17) is 9.47 Å². The highest BCUT2D eigenvalue weighted by Crippen LogP contribution is 2.66. The van der Waals surface area contributed by atoms with Crippen molar-refractivity contribution in [2.24, 2.45) is 10.8 Å². The van der Waals surface area contributed by atoms with Gasteiger partial charge in [0.2, 0.25) is 5.60 Å². The molecule has 2 fully saturated rings. The van der Waals surface area contributed by atoms with Gasteiger partial charge in [-0.05, 0) is 31.7 Å². The predicted molar refractivity (Wildman–Crippen MR) is 85.5 cm³/mol. The molecular weight excluding hydrogens is 292 g/mol. The number of fused-ring (bicyclic) bond motifs is 2. The normalized spacial score (nSPS) is 32.4. The maximum atomic E-state index is 13.0. The first kappa shape index (κ1) is 16.0. The summed E-state index contributed by atoms with van der Waals surface area (Å²) in [7, 11) is 0. The Labute approximate surface area is 137 Å². The molecule has 1 aliphatic heterocycles. The average molecular weight is 316 g/mol. The summed E-state index contributed by atoms with van der Waals surface area (Å²) in [5.74, 6) is -0.689. The van der Waals surface area contributed by atoms with Gasteiger partial charge in [0.05, 0.1) is 5.41 Å². The molecule has 2 unspecified atom stereocenters. The van der Waals surface area contributed by atoms with Crippen molar-refractivity contribution in [1.82, 2.24) is 0 Å². The molecule has 0 aromatic heterocycles. The van der Waals surface area contributed by atoms with Gasteiger partial charge in [-0.2, -0.15) is 0 Å². The lowest BCUT2D eigenvalue weighted by molar-refractivity contribution is -0.187. The molecule has 1 saturated carbocycles. The second-order valence-electron chi connectivity index (χ2n) is 7.39. The molecule has 23 heavy (non-hydrogen) atoms. The Kier molecular flexibility index (Phi) is 3.54. The van der Waals surface area contributed by atoms with E-state index in [0.29, 0.717) is 19.3 Å². The van der Waals surface area contributed by atoms with Crippen LogP contribution in [-0.4, -0.2) is 17.5 Å². The lowest BCUT2D eigenvalue weighted by Crippen LogP contribution is -2.49. The minimum Gasteiger partial charge on any atom is -0.455 e. The summed E-state index contributed by atoms with van der Waals surface area (Å²) in [6.45, 7) is 7.75. The molecule has 1 aromatic carbocycles. The number of carbonyl (C=O) groups is 2. The smallest absolute Gasteiger partial charge is 0.351 e. The van der Waals surface area contributed by atoms with Crippen LogP contribution in [0.2, 0.25) is 0 Å². The van der Waals surface area contributed by atoms with Crippen LogP contribution in [0.4, 0.5) is 0 Å². The summed E-state index contributed by atoms with van der Waals surface area (Å²) in [5.41, 5.74) is -1.37. The molecule has 1 aliphatic carbocycles. The lowest BCUT2D eigenvalue weighted by Gasteiger charge is -2.35. The summed E-state index contributed by atoms with van der Waals surface area (Å²) in [5, 5.41) is 0. The van der Waals surface area contributed by atoms with E-state index in [1.165, 1.54) is 0 Å². The first-order valence-electron chi connectivity index (χ1n) is 8.28. The van der Waals surface area contributed by atoms with Crippen molar-refractivity contribution in [3.63, 3.8) is 0 Å². The predicted octanol–water partition coefficient (Wildman–Crippen LogP) is 3.80. The van der Waals surface area contributed by atoms with E-state index in [1.807, 2.05) is 58.0 Å². The fraction of sp³-hybridized carbons (Fsp3) is 0.579. The molecule has 124 valence electrons. The molecule has 1 heterocycles. The molecule has 1 aromatic rings. The van der Waals surface area contributed by atoms with Gasteiger partial charge in [-0.25, -0.2) is 4.79 Å². The third kappa shape index (κ3) is 1.97. The Morgan fingerprint density at radius 2 is 1.87 bits per heavy atom. The van der Waals surface area contributed by atoms with Crippen LogP contribution in [0.5, 0.6) is 0 Å². The Balaban J connectivity index is 1.88. The van der Waals surface area contributed by atoms with E-state index in [9.17, 15) is 9.59 Å². The third-order valence-electron chi connectivity index (χ3n) is 6.20. The fourth-order valence-corrected chi connectivity index (χ4v) is 3.98. The van der Waals surface area contributed by atoms with Crippen molar-refractivity contribution in [1.29, 1.82) is 0 Å². The second-order valence-corrected chi connectivity index (χ2v) is 7.39. The molecule has 0 spiro atoms. The molecule has 1 saturated heterocycles. The Hall–Kier alpha value is -1.84. The van der Waals surface area contributed by atoms with Crippen LogP contribution in [0.3, 0.4) is 0 Å². The van der Waals surface area contributed by atoms with Crippen LogP contribution in [0, 0.1) is 10.8 Å². The van der Waals surface area contributed by atoms with E-state index in [0.717, 1.165) is 5.56 Å². The molecule has 2 aliphatic rings. The van der Waals surface area contributed by atoms with E-state index in [1.54, 1.807) is 0 Å². The van der Waals surface area contributed by atoms with Crippen LogP contribution in [0.1, 0.15) is 58.6 Å². The van der Waals surface area contributed by atoms with Crippen LogP contribution in [0.15, 0.2) is 30.3 Å². The van der Waals surface area contributed by atoms with Gasteiger partial charge in [0, 0.05) is 5.41 Å². The number of ether oxygens (including phenoxy) is 2. The van der Waals surface area contributed by atoms with Gasteiger partial charge in [-0.3, -0.25) is 4.79 Å². The molecule has 3 rings (SSSR count). The summed E-state index contributed by atoms with van der Waals surface area (Å²) < 4.78 is 11.4. The number of carbonyl (C=O) groups excluding carboxylic acids is 2. The van der Waals surface area contributed by atoms with Crippen molar-refractivity contribution in [2.75, 3.05) is 0 Å². The Morgan fingerprint density at radius 3 is 2.35 bits per heavy atom. The number of esters is 2. The summed E-state index contributed by atoms with van der Waals surface area (Å²) >= 11 is 0. The van der Waals surface area contributed by atoms with Gasteiger partial charge < -0.3 is 9.47 Å². The van der Waals surface area contributed by atoms with Crippen molar-refractivity contribution in [3.05, 3.63) is 35.9 Å². The van der Waals surface area contributed by atoms with Crippen LogP contribution < -0.4 is 0 Å². The first-order valence-corrected chi connectivity index (χ1v) is 8.28. The van der Waals surface area contributed by atoms with Crippen molar-refractivity contribution in [3.8, 4) is 0 Å². The molecular formula is C19H24O4. The minimum absolute atomic E-state index is 0.279. The zero-order valence-corrected chi connectivity index (χ0v) is 14.2. The van der Waals surface area contributed by atoms with Crippen LogP contribution in [0.25, 0.3) is 0 Å². The Morgan fingerprint density at radius 1 is 1.22 bits per heavy atom. The largest absolute Gasteiger partial charge is 0.455 e. The third-order valence-corrected chi connectivity index (χ3v) is 6.20. The van der Waals surface area contributed by atoms with E-state index >= 15 is 0 Å². The number of benzene rings is 1. The standard InChI is InChI=1S/C19H24O4/c1-5-14(13-9-7-6-8-10-13)22-16(21)19-12-11-18(4,15(20)23-19)17(19,2)3/h6-10,14H,5,11-12H2,1-4H3/t14?,18?,19-/m1/s1. The number of rotatable bonds is 4. The summed E-state index contributed by atoms with van der Waals surface area (Å²) in [4.78, 5) is 25.2. The monoisotopic (exact) mass is 316 g/mol. The topological polar surface area (TPSA) is 52.6 Å². The van der Waals surface area contributed by atoms with Crippen LogP contribution in [-0.2, 0) is 19.1 Å². The fourth-order valence-electron chi connectivity index (χ4n) is 3.98. The molecule has 4 heteroatoms. The highest BCUT2D eigenvalue weighted by molar-refractivity contribution is 5.93. The highest BCUT2D eigenvalue weighted by Gasteiger charge is 2.76. The maximum Gasteiger partial charge on any atom is 0.351 e. The molecule has 0 N–H and O–H groups in total. The second kappa shape index (κ2) is 5.08. The van der Waals surface area contributed by atoms with E-state index in [2.05, 4.69) is 0 Å². The summed E-state index contributed by atoms with van der Waals surface area (Å²) in [6.07, 6.45) is 1.56. The van der Waals surface area contributed by atoms with E-state index < -0.39 is 22.4 Å². The van der Waals surface area contributed by atoms with Gasteiger partial charge in [0.1, 0.15) is 6.10 Å². The van der Waals surface area contributed by atoms with Gasteiger partial charge in [0.25, 0.3) is 0 Å². The van der Waals surface area contributed by atoms with Crippen molar-refractivity contribution >= 4 is 11.9 Å². The van der Waals surface area contributed by atoms with Gasteiger partial charge >= 0.3 is 11.9 Å². The first-order chi connectivity index (χ1) is 10.8. The number of hydrogen-bond donors (Lipinski definition) is 0. The van der Waals surface area contributed by atoms with Gasteiger partial charge in [-0.1, -0.05) is 51.1 Å². The maximum absolute atomic E-state index is 13.0. The number of hydrogen-bond acceptors (Lipinski definition) is 4. The Bertz CT molecular complexity index is 636. The van der Waals surface area contributed by atoms with E-state index in [-0.39, 0.29) is 12.1 Å². The van der Waals surface area contributed by atoms with Crippen LogP contribution >= 0.6 is 0 Å². The summed E-state index contributed by atoms with van der Waals surface area (Å²) in [6, 6.07) is 9.68. The van der Waals surface area contributed by atoms with Gasteiger partial charge in [0.15, 0.2) is 0 Å². The molecule has 2 bridgehead atoms. The average Bonchev–Trinajstić information content (AvgIpc) is 2.83. The van der Waals surface area contributed by atoms with Gasteiger partial charge in [-0.15, -0.1) is 0 Å².